The fraction of sp³-hybridized carbons (Fsp3) is 0.357. The molecule has 0 atom stereocenters. The summed E-state index contributed by atoms with van der Waals surface area (Å²) in [6.07, 6.45) is 5.31. The summed E-state index contributed by atoms with van der Waals surface area (Å²) < 4.78 is 4.99. The molecule has 1 aromatic heterocycles. The molecule has 0 saturated heterocycles. The molecule has 4 nitrogen and oxygen atoms in total. The van der Waals surface area contributed by atoms with E-state index in [4.69, 9.17) is 4.42 Å². The van der Waals surface area contributed by atoms with Crippen molar-refractivity contribution in [1.82, 2.24) is 0 Å². The lowest BCUT2D eigenvalue weighted by Gasteiger charge is -2.09. The minimum absolute atomic E-state index is 0.0663. The molecule has 1 aromatic rings. The first kappa shape index (κ1) is 12.5. The highest BCUT2D eigenvalue weighted by Gasteiger charge is 2.17. The first-order valence-corrected chi connectivity index (χ1v) is 6.00. The van der Waals surface area contributed by atoms with Gasteiger partial charge in [-0.1, -0.05) is 0 Å². The van der Waals surface area contributed by atoms with E-state index in [0.29, 0.717) is 11.5 Å². The maximum atomic E-state index is 11.9. The maximum absolute atomic E-state index is 11.9. The topological polar surface area (TPSA) is 59.6 Å². The lowest BCUT2D eigenvalue weighted by atomic mass is 10.0. The van der Waals surface area contributed by atoms with Gasteiger partial charge in [0.2, 0.25) is 0 Å². The van der Waals surface area contributed by atoms with Gasteiger partial charge in [0, 0.05) is 19.1 Å². The van der Waals surface area contributed by atoms with Gasteiger partial charge in [-0.05, 0) is 37.5 Å². The Labute approximate surface area is 105 Å². The van der Waals surface area contributed by atoms with Crippen LogP contribution in [-0.4, -0.2) is 17.8 Å². The van der Waals surface area contributed by atoms with Crippen LogP contribution >= 0.6 is 0 Å². The fourth-order valence-electron chi connectivity index (χ4n) is 1.88. The Balaban J connectivity index is 1.93. The van der Waals surface area contributed by atoms with Gasteiger partial charge < -0.3 is 4.42 Å². The number of hydrogen-bond donors (Lipinski definition) is 0. The molecule has 1 aliphatic rings. The van der Waals surface area contributed by atoms with Crippen LogP contribution in [0.1, 0.15) is 43.2 Å². The fourth-order valence-corrected chi connectivity index (χ4v) is 1.88. The molecule has 0 aromatic carbocycles. The van der Waals surface area contributed by atoms with E-state index in [2.05, 4.69) is 4.99 Å². The zero-order valence-corrected chi connectivity index (χ0v) is 10.3. The number of carbonyl (C=O) groups is 2. The van der Waals surface area contributed by atoms with Crippen molar-refractivity contribution in [3.8, 4) is 0 Å². The minimum Gasteiger partial charge on any atom is -0.461 e. The van der Waals surface area contributed by atoms with Crippen LogP contribution in [0.4, 0.5) is 0 Å². The Morgan fingerprint density at radius 3 is 2.78 bits per heavy atom. The van der Waals surface area contributed by atoms with Crippen molar-refractivity contribution in [1.29, 1.82) is 0 Å². The molecule has 0 fully saturated rings. The molecule has 0 amide bonds. The number of nitrogens with zero attached hydrogens (tertiary/aromatic N) is 1. The van der Waals surface area contributed by atoms with Crippen LogP contribution in [0.15, 0.2) is 39.1 Å². The van der Waals surface area contributed by atoms with Crippen molar-refractivity contribution in [3.63, 3.8) is 0 Å². The molecule has 2 rings (SSSR count). The highest BCUT2D eigenvalue weighted by molar-refractivity contribution is 6.01. The average Bonchev–Trinajstić information content (AvgIpc) is 2.90. The zero-order valence-electron chi connectivity index (χ0n) is 10.3. The number of allylic oxidation sites excluding steroid dienone is 2. The summed E-state index contributed by atoms with van der Waals surface area (Å²) in [6, 6.07) is 3.27. The second-order valence-corrected chi connectivity index (χ2v) is 4.30. The second-order valence-electron chi connectivity index (χ2n) is 4.30. The molecule has 0 aliphatic carbocycles. The lowest BCUT2D eigenvalue weighted by Crippen LogP contribution is -2.09. The molecular formula is C14H15NO3. The highest BCUT2D eigenvalue weighted by Crippen LogP contribution is 2.19. The van der Waals surface area contributed by atoms with E-state index in [-0.39, 0.29) is 24.4 Å². The van der Waals surface area contributed by atoms with E-state index in [1.807, 2.05) is 6.92 Å². The van der Waals surface area contributed by atoms with Crippen molar-refractivity contribution in [2.75, 3.05) is 0 Å². The van der Waals surface area contributed by atoms with E-state index in [0.717, 1.165) is 18.4 Å². The number of carbonyl (C=O) groups excluding carboxylic acids is 2. The third-order valence-electron chi connectivity index (χ3n) is 2.91. The maximum Gasteiger partial charge on any atom is 0.198 e. The van der Waals surface area contributed by atoms with Crippen LogP contribution in [0.2, 0.25) is 0 Å². The molecule has 4 heteroatoms. The second kappa shape index (κ2) is 5.58. The van der Waals surface area contributed by atoms with Gasteiger partial charge in [0.05, 0.1) is 6.26 Å². The Morgan fingerprint density at radius 2 is 2.11 bits per heavy atom. The standard InChI is InChI=1S/C14H15NO3/c1-10-4-2-8-15-14(10)12(17)7-6-11(16)13-5-3-9-18-13/h3,5,8-9H,2,4,6-7H2,1H3. The van der Waals surface area contributed by atoms with E-state index in [1.54, 1.807) is 18.3 Å². The van der Waals surface area contributed by atoms with Crippen molar-refractivity contribution in [2.45, 2.75) is 32.6 Å². The number of rotatable bonds is 5. The minimum atomic E-state index is -0.147. The van der Waals surface area contributed by atoms with Crippen LogP contribution in [-0.2, 0) is 4.79 Å². The molecular weight excluding hydrogens is 230 g/mol. The van der Waals surface area contributed by atoms with E-state index < -0.39 is 0 Å². The van der Waals surface area contributed by atoms with Gasteiger partial charge in [-0.3, -0.25) is 14.6 Å². The third kappa shape index (κ3) is 2.83. The highest BCUT2D eigenvalue weighted by atomic mass is 16.3. The molecule has 0 bridgehead atoms. The van der Waals surface area contributed by atoms with Crippen LogP contribution < -0.4 is 0 Å². The van der Waals surface area contributed by atoms with Gasteiger partial charge in [-0.25, -0.2) is 0 Å². The summed E-state index contributed by atoms with van der Waals surface area (Å²) in [4.78, 5) is 27.7. The molecule has 0 spiro atoms. The quantitative estimate of drug-likeness (QED) is 0.749. The smallest absolute Gasteiger partial charge is 0.198 e. The zero-order chi connectivity index (χ0) is 13.0. The van der Waals surface area contributed by atoms with Crippen LogP contribution in [0, 0.1) is 0 Å². The van der Waals surface area contributed by atoms with E-state index in [1.165, 1.54) is 6.26 Å². The molecule has 0 saturated carbocycles. The predicted molar refractivity (Wildman–Crippen MR) is 67.7 cm³/mol. The lowest BCUT2D eigenvalue weighted by molar-refractivity contribution is -0.115. The molecule has 0 N–H and O–H groups in total. The summed E-state index contributed by atoms with van der Waals surface area (Å²) in [7, 11) is 0. The first-order valence-electron chi connectivity index (χ1n) is 6.00. The summed E-state index contributed by atoms with van der Waals surface area (Å²) in [5, 5.41) is 0. The monoisotopic (exact) mass is 245 g/mol. The van der Waals surface area contributed by atoms with Crippen molar-refractivity contribution < 1.29 is 14.0 Å². The van der Waals surface area contributed by atoms with Crippen molar-refractivity contribution in [3.05, 3.63) is 35.4 Å². The molecule has 18 heavy (non-hydrogen) atoms. The Morgan fingerprint density at radius 1 is 1.33 bits per heavy atom. The Hall–Kier alpha value is -1.97. The third-order valence-corrected chi connectivity index (χ3v) is 2.91. The predicted octanol–water partition coefficient (Wildman–Crippen LogP) is 2.95. The van der Waals surface area contributed by atoms with Gasteiger partial charge in [0.15, 0.2) is 17.3 Å². The van der Waals surface area contributed by atoms with Crippen molar-refractivity contribution >= 4 is 17.8 Å². The van der Waals surface area contributed by atoms with E-state index in [9.17, 15) is 9.59 Å². The summed E-state index contributed by atoms with van der Waals surface area (Å²) in [5.41, 5.74) is 1.53. The number of furan rings is 1. The van der Waals surface area contributed by atoms with Gasteiger partial charge in [0.25, 0.3) is 0 Å². The molecule has 1 aliphatic heterocycles. The number of aliphatic imine (C=N–C) groups is 1. The molecule has 94 valence electrons. The van der Waals surface area contributed by atoms with Crippen LogP contribution in [0.25, 0.3) is 0 Å². The summed E-state index contributed by atoms with van der Waals surface area (Å²) >= 11 is 0. The molecule has 0 unspecified atom stereocenters. The van der Waals surface area contributed by atoms with Gasteiger partial charge >= 0.3 is 0 Å². The van der Waals surface area contributed by atoms with Crippen LogP contribution in [0.3, 0.4) is 0 Å². The van der Waals surface area contributed by atoms with Gasteiger partial charge in [0.1, 0.15) is 5.70 Å². The molecule has 2 heterocycles. The van der Waals surface area contributed by atoms with E-state index >= 15 is 0 Å². The molecule has 0 radical (unpaired) electrons. The largest absolute Gasteiger partial charge is 0.461 e. The van der Waals surface area contributed by atoms with Crippen LogP contribution in [0.5, 0.6) is 0 Å². The number of Topliss-reactive ketones (excluding diaryl/α,β-unsaturated/α-hetero) is 2. The Bertz CT molecular complexity index is 509. The SMILES string of the molecule is CC1=C(C(=O)CCC(=O)c2ccco2)N=CCC1. The van der Waals surface area contributed by atoms with Crippen molar-refractivity contribution in [2.24, 2.45) is 4.99 Å². The normalized spacial score (nSPS) is 14.9. The first-order chi connectivity index (χ1) is 8.68. The Kier molecular flexibility index (Phi) is 3.87. The number of ketones is 2. The van der Waals surface area contributed by atoms with Gasteiger partial charge in [-0.2, -0.15) is 0 Å². The van der Waals surface area contributed by atoms with Gasteiger partial charge in [-0.15, -0.1) is 0 Å². The summed E-state index contributed by atoms with van der Waals surface area (Å²) in [6.45, 7) is 1.91. The average molecular weight is 245 g/mol. The summed E-state index contributed by atoms with van der Waals surface area (Å²) in [5.74, 6) is 0.0930. The number of hydrogen-bond acceptors (Lipinski definition) is 4.